The van der Waals surface area contributed by atoms with E-state index in [1.807, 2.05) is 6.07 Å². The molecule has 2 aromatic carbocycles. The lowest BCUT2D eigenvalue weighted by molar-refractivity contribution is -0.384. The fraction of sp³-hybridized carbons (Fsp3) is 0.222. The zero-order chi connectivity index (χ0) is 19.1. The zero-order valence-electron chi connectivity index (χ0n) is 14.5. The van der Waals surface area contributed by atoms with Gasteiger partial charge in [0.25, 0.3) is 5.69 Å². The molecule has 1 saturated heterocycles. The van der Waals surface area contributed by atoms with E-state index in [9.17, 15) is 14.9 Å². The third kappa shape index (κ3) is 5.02. The molecule has 0 unspecified atom stereocenters. The molecule has 2 aromatic rings. The number of nitrogens with zero attached hydrogens (tertiary/aromatic N) is 3. The minimum atomic E-state index is -0.504. The van der Waals surface area contributed by atoms with Crippen molar-refractivity contribution in [2.45, 2.75) is 0 Å². The van der Waals surface area contributed by atoms with Crippen LogP contribution in [0.15, 0.2) is 53.6 Å². The van der Waals surface area contributed by atoms with Gasteiger partial charge in [0.05, 0.1) is 24.4 Å². The van der Waals surface area contributed by atoms with Crippen LogP contribution in [0.1, 0.15) is 5.56 Å². The molecule has 0 aromatic heterocycles. The third-order valence-corrected chi connectivity index (χ3v) is 3.98. The van der Waals surface area contributed by atoms with Crippen molar-refractivity contribution in [3.8, 4) is 0 Å². The van der Waals surface area contributed by atoms with Crippen molar-refractivity contribution in [2.24, 2.45) is 5.10 Å². The second kappa shape index (κ2) is 8.77. The van der Waals surface area contributed by atoms with E-state index >= 15 is 0 Å². The van der Waals surface area contributed by atoms with Gasteiger partial charge in [-0.15, -0.1) is 0 Å². The van der Waals surface area contributed by atoms with E-state index in [1.54, 1.807) is 30.3 Å². The standard InChI is InChI=1S/C18H19N5O4/c24-18(20-15-4-2-1-3-5-15)21-19-13-14-12-16(23(25)26)6-7-17(14)22-8-10-27-11-9-22/h1-7,12-13H,8-11H2,(H2,20,21,24)/b19-13-. The smallest absolute Gasteiger partial charge is 0.339 e. The summed E-state index contributed by atoms with van der Waals surface area (Å²) in [5, 5.41) is 17.6. The predicted octanol–water partition coefficient (Wildman–Crippen LogP) is 2.59. The van der Waals surface area contributed by atoms with Crippen LogP contribution in [0.5, 0.6) is 0 Å². The first kappa shape index (κ1) is 18.3. The number of hydrogen-bond acceptors (Lipinski definition) is 6. The number of urea groups is 1. The molecule has 1 heterocycles. The maximum atomic E-state index is 11.9. The predicted molar refractivity (Wildman–Crippen MR) is 102 cm³/mol. The second-order valence-electron chi connectivity index (χ2n) is 5.79. The first-order chi connectivity index (χ1) is 13.1. The van der Waals surface area contributed by atoms with E-state index in [1.165, 1.54) is 18.3 Å². The summed E-state index contributed by atoms with van der Waals surface area (Å²) < 4.78 is 5.34. The second-order valence-corrected chi connectivity index (χ2v) is 5.79. The number of nitrogens with one attached hydrogen (secondary N) is 2. The Kier molecular flexibility index (Phi) is 5.95. The van der Waals surface area contributed by atoms with E-state index in [-0.39, 0.29) is 5.69 Å². The van der Waals surface area contributed by atoms with Gasteiger partial charge in [-0.2, -0.15) is 5.10 Å². The van der Waals surface area contributed by atoms with E-state index in [2.05, 4.69) is 20.7 Å². The fourth-order valence-electron chi connectivity index (χ4n) is 2.69. The molecule has 0 aliphatic carbocycles. The van der Waals surface area contributed by atoms with Crippen molar-refractivity contribution >= 4 is 29.3 Å². The van der Waals surface area contributed by atoms with Gasteiger partial charge in [-0.3, -0.25) is 10.1 Å². The number of hydrazone groups is 1. The van der Waals surface area contributed by atoms with Crippen LogP contribution in [0.25, 0.3) is 0 Å². The van der Waals surface area contributed by atoms with Crippen LogP contribution in [0.4, 0.5) is 21.9 Å². The molecule has 140 valence electrons. The molecule has 0 spiro atoms. The summed E-state index contributed by atoms with van der Waals surface area (Å²) in [6.07, 6.45) is 1.41. The SMILES string of the molecule is O=C(N/N=C\c1cc([N+](=O)[O-])ccc1N1CCOCC1)Nc1ccccc1. The number of ether oxygens (including phenoxy) is 1. The molecule has 0 atom stereocenters. The molecule has 2 amide bonds. The number of benzene rings is 2. The highest BCUT2D eigenvalue weighted by Gasteiger charge is 2.17. The summed E-state index contributed by atoms with van der Waals surface area (Å²) >= 11 is 0. The summed E-state index contributed by atoms with van der Waals surface area (Å²) in [7, 11) is 0. The molecule has 0 saturated carbocycles. The van der Waals surface area contributed by atoms with Crippen molar-refractivity contribution in [2.75, 3.05) is 36.5 Å². The summed E-state index contributed by atoms with van der Waals surface area (Å²) in [6.45, 7) is 2.54. The van der Waals surface area contributed by atoms with Crippen molar-refractivity contribution in [1.29, 1.82) is 0 Å². The Hall–Kier alpha value is -3.46. The number of nitro benzene ring substituents is 1. The van der Waals surface area contributed by atoms with E-state index < -0.39 is 11.0 Å². The fourth-order valence-corrected chi connectivity index (χ4v) is 2.69. The van der Waals surface area contributed by atoms with Gasteiger partial charge >= 0.3 is 6.03 Å². The lowest BCUT2D eigenvalue weighted by Crippen LogP contribution is -2.36. The summed E-state index contributed by atoms with van der Waals surface area (Å²) in [5.74, 6) is 0. The van der Waals surface area contributed by atoms with Crippen LogP contribution < -0.4 is 15.6 Å². The minimum absolute atomic E-state index is 0.0396. The van der Waals surface area contributed by atoms with E-state index in [0.717, 1.165) is 5.69 Å². The molecule has 27 heavy (non-hydrogen) atoms. The summed E-state index contributed by atoms with van der Waals surface area (Å²) in [6, 6.07) is 13.0. The minimum Gasteiger partial charge on any atom is -0.378 e. The van der Waals surface area contributed by atoms with Crippen LogP contribution in [-0.2, 0) is 4.74 Å². The molecule has 1 aliphatic rings. The number of nitro groups is 1. The van der Waals surface area contributed by atoms with Crippen LogP contribution in [0.2, 0.25) is 0 Å². The van der Waals surface area contributed by atoms with Gasteiger partial charge in [-0.05, 0) is 18.2 Å². The molecule has 1 aliphatic heterocycles. The largest absolute Gasteiger partial charge is 0.378 e. The van der Waals surface area contributed by atoms with Crippen molar-refractivity contribution in [1.82, 2.24) is 5.43 Å². The maximum absolute atomic E-state index is 11.9. The van der Waals surface area contributed by atoms with Gasteiger partial charge in [0.15, 0.2) is 0 Å². The van der Waals surface area contributed by atoms with Gasteiger partial charge in [0.1, 0.15) is 0 Å². The first-order valence-corrected chi connectivity index (χ1v) is 8.40. The molecule has 9 heteroatoms. The Morgan fingerprint density at radius 2 is 1.93 bits per heavy atom. The van der Waals surface area contributed by atoms with Gasteiger partial charge in [0, 0.05) is 42.2 Å². The number of anilines is 2. The molecular weight excluding hydrogens is 350 g/mol. The lowest BCUT2D eigenvalue weighted by atomic mass is 10.1. The number of hydrogen-bond donors (Lipinski definition) is 2. The van der Waals surface area contributed by atoms with Crippen LogP contribution >= 0.6 is 0 Å². The van der Waals surface area contributed by atoms with Crippen LogP contribution in [0, 0.1) is 10.1 Å². The monoisotopic (exact) mass is 369 g/mol. The topological polar surface area (TPSA) is 109 Å². The van der Waals surface area contributed by atoms with Crippen molar-refractivity contribution in [3.05, 3.63) is 64.2 Å². The highest BCUT2D eigenvalue weighted by Crippen LogP contribution is 2.25. The number of amides is 2. The molecule has 0 bridgehead atoms. The molecular formula is C18H19N5O4. The van der Waals surface area contributed by atoms with Crippen LogP contribution in [-0.4, -0.2) is 43.5 Å². The molecule has 0 radical (unpaired) electrons. The number of morpholine rings is 1. The van der Waals surface area contributed by atoms with Gasteiger partial charge in [0.2, 0.25) is 0 Å². The highest BCUT2D eigenvalue weighted by molar-refractivity contribution is 5.92. The Morgan fingerprint density at radius 1 is 1.19 bits per heavy atom. The van der Waals surface area contributed by atoms with Gasteiger partial charge in [-0.1, -0.05) is 18.2 Å². The lowest BCUT2D eigenvalue weighted by Gasteiger charge is -2.29. The Morgan fingerprint density at radius 3 is 2.63 bits per heavy atom. The normalized spacial score (nSPS) is 14.1. The Balaban J connectivity index is 1.73. The maximum Gasteiger partial charge on any atom is 0.339 e. The van der Waals surface area contributed by atoms with E-state index in [0.29, 0.717) is 37.6 Å². The highest BCUT2D eigenvalue weighted by atomic mass is 16.6. The number of para-hydroxylation sites is 1. The van der Waals surface area contributed by atoms with Crippen molar-refractivity contribution < 1.29 is 14.5 Å². The zero-order valence-corrected chi connectivity index (χ0v) is 14.5. The third-order valence-electron chi connectivity index (χ3n) is 3.98. The van der Waals surface area contributed by atoms with Crippen LogP contribution in [0.3, 0.4) is 0 Å². The molecule has 1 fully saturated rings. The first-order valence-electron chi connectivity index (χ1n) is 8.40. The average molecular weight is 369 g/mol. The number of carbonyl (C=O) groups is 1. The van der Waals surface area contributed by atoms with Crippen molar-refractivity contribution in [3.63, 3.8) is 0 Å². The number of non-ortho nitro benzene ring substituents is 1. The quantitative estimate of drug-likeness (QED) is 0.478. The van der Waals surface area contributed by atoms with E-state index in [4.69, 9.17) is 4.74 Å². The average Bonchev–Trinajstić information content (AvgIpc) is 2.69. The summed E-state index contributed by atoms with van der Waals surface area (Å²) in [4.78, 5) is 24.6. The molecule has 9 nitrogen and oxygen atoms in total. The summed E-state index contributed by atoms with van der Waals surface area (Å²) in [5.41, 5.74) is 4.31. The molecule has 2 N–H and O–H groups in total. The number of rotatable bonds is 5. The molecule has 3 rings (SSSR count). The van der Waals surface area contributed by atoms with Gasteiger partial charge in [-0.25, -0.2) is 10.2 Å². The number of carbonyl (C=O) groups excluding carboxylic acids is 1. The Labute approximate surface area is 155 Å². The van der Waals surface area contributed by atoms with Gasteiger partial charge < -0.3 is 15.0 Å². The Bertz CT molecular complexity index is 835.